The summed E-state index contributed by atoms with van der Waals surface area (Å²) in [6, 6.07) is 19.7. The highest BCUT2D eigenvalue weighted by molar-refractivity contribution is 5.93. The van der Waals surface area contributed by atoms with Crippen molar-refractivity contribution in [1.29, 1.82) is 0 Å². The summed E-state index contributed by atoms with van der Waals surface area (Å²) in [4.78, 5) is 23.2. The van der Waals surface area contributed by atoms with Crippen LogP contribution in [0.1, 0.15) is 28.7 Å². The van der Waals surface area contributed by atoms with Crippen molar-refractivity contribution >= 4 is 16.9 Å². The van der Waals surface area contributed by atoms with E-state index in [4.69, 9.17) is 9.72 Å². The van der Waals surface area contributed by atoms with Gasteiger partial charge in [0.2, 0.25) is 0 Å². The van der Waals surface area contributed by atoms with E-state index in [9.17, 15) is 4.79 Å². The number of fused-ring (bicyclic) bond motifs is 1. The molecule has 0 fully saturated rings. The minimum atomic E-state index is -0.0843. The Morgan fingerprint density at radius 2 is 1.87 bits per heavy atom. The van der Waals surface area contributed by atoms with Crippen molar-refractivity contribution in [3.63, 3.8) is 0 Å². The fraction of sp³-hybridized carbons (Fsp3) is 0.240. The fourth-order valence-electron chi connectivity index (χ4n) is 3.57. The van der Waals surface area contributed by atoms with Gasteiger partial charge in [0.25, 0.3) is 5.91 Å². The van der Waals surface area contributed by atoms with Gasteiger partial charge < -0.3 is 14.2 Å². The van der Waals surface area contributed by atoms with Gasteiger partial charge in [-0.1, -0.05) is 31.2 Å². The lowest BCUT2D eigenvalue weighted by atomic mass is 10.2. The van der Waals surface area contributed by atoms with Crippen molar-refractivity contribution in [2.45, 2.75) is 26.4 Å². The molecular weight excluding hydrogens is 388 g/mol. The van der Waals surface area contributed by atoms with Crippen LogP contribution in [0.4, 0.5) is 0 Å². The fourth-order valence-corrected chi connectivity index (χ4v) is 3.57. The second kappa shape index (κ2) is 9.43. The summed E-state index contributed by atoms with van der Waals surface area (Å²) < 4.78 is 8.09. The average Bonchev–Trinajstić information content (AvgIpc) is 3.16. The molecule has 0 saturated heterocycles. The molecule has 158 valence electrons. The lowest BCUT2D eigenvalue weighted by Gasteiger charge is -2.18. The zero-order valence-electron chi connectivity index (χ0n) is 17.9. The van der Waals surface area contributed by atoms with Crippen molar-refractivity contribution < 1.29 is 9.53 Å². The van der Waals surface area contributed by atoms with Gasteiger partial charge in [-0.3, -0.25) is 9.78 Å². The second-order valence-electron chi connectivity index (χ2n) is 7.42. The minimum Gasteiger partial charge on any atom is -0.492 e. The Hall–Kier alpha value is -3.67. The van der Waals surface area contributed by atoms with Crippen molar-refractivity contribution in [3.05, 3.63) is 90.0 Å². The number of hydrogen-bond acceptors (Lipinski definition) is 4. The summed E-state index contributed by atoms with van der Waals surface area (Å²) >= 11 is 0. The molecule has 1 amide bonds. The van der Waals surface area contributed by atoms with Gasteiger partial charge in [0.15, 0.2) is 0 Å². The van der Waals surface area contributed by atoms with E-state index in [1.165, 1.54) is 5.56 Å². The van der Waals surface area contributed by atoms with E-state index in [-0.39, 0.29) is 5.91 Å². The maximum atomic E-state index is 12.8. The third-order valence-electron chi connectivity index (χ3n) is 5.28. The number of amides is 1. The number of pyridine rings is 1. The van der Waals surface area contributed by atoms with Crippen LogP contribution in [0.2, 0.25) is 0 Å². The lowest BCUT2D eigenvalue weighted by molar-refractivity contribution is 0.0779. The summed E-state index contributed by atoms with van der Waals surface area (Å²) in [5.41, 5.74) is 3.79. The number of benzene rings is 2. The first kappa shape index (κ1) is 20.6. The Balaban J connectivity index is 1.50. The third-order valence-corrected chi connectivity index (χ3v) is 5.28. The number of rotatable bonds is 8. The Morgan fingerprint density at radius 3 is 2.61 bits per heavy atom. The molecule has 0 aliphatic carbocycles. The summed E-state index contributed by atoms with van der Waals surface area (Å²) in [6.45, 7) is 3.69. The van der Waals surface area contributed by atoms with Crippen molar-refractivity contribution in [2.75, 3.05) is 13.7 Å². The van der Waals surface area contributed by atoms with Gasteiger partial charge in [-0.2, -0.15) is 0 Å². The molecule has 0 aliphatic rings. The number of carbonyl (C=O) groups excluding carboxylic acids is 1. The van der Waals surface area contributed by atoms with E-state index >= 15 is 0 Å². The molecule has 4 rings (SSSR count). The third kappa shape index (κ3) is 4.74. The van der Waals surface area contributed by atoms with Gasteiger partial charge in [0, 0.05) is 19.4 Å². The van der Waals surface area contributed by atoms with E-state index in [1.54, 1.807) is 36.5 Å². The predicted octanol–water partition coefficient (Wildman–Crippen LogP) is 4.34. The van der Waals surface area contributed by atoms with Gasteiger partial charge in [-0.15, -0.1) is 0 Å². The maximum absolute atomic E-state index is 12.8. The van der Waals surface area contributed by atoms with Crippen LogP contribution in [0.3, 0.4) is 0 Å². The molecule has 2 aromatic heterocycles. The van der Waals surface area contributed by atoms with Crippen LogP contribution in [0.15, 0.2) is 73.1 Å². The molecule has 4 aromatic rings. The van der Waals surface area contributed by atoms with Crippen LogP contribution in [0.25, 0.3) is 11.0 Å². The van der Waals surface area contributed by atoms with Gasteiger partial charge in [0.05, 0.1) is 29.7 Å². The molecule has 0 spiro atoms. The Kier molecular flexibility index (Phi) is 6.26. The van der Waals surface area contributed by atoms with Crippen LogP contribution in [0, 0.1) is 0 Å². The molecule has 6 nitrogen and oxygen atoms in total. The molecular formula is C25H26N4O2. The van der Waals surface area contributed by atoms with Crippen LogP contribution >= 0.6 is 0 Å². The number of aryl methyl sites for hydroxylation is 1. The van der Waals surface area contributed by atoms with Gasteiger partial charge >= 0.3 is 0 Å². The zero-order valence-corrected chi connectivity index (χ0v) is 17.9. The topological polar surface area (TPSA) is 60.2 Å². The number of para-hydroxylation sites is 2. The number of nitrogens with zero attached hydrogens (tertiary/aromatic N) is 4. The molecule has 0 saturated carbocycles. The van der Waals surface area contributed by atoms with Crippen LogP contribution < -0.4 is 4.74 Å². The Labute approximate surface area is 182 Å². The summed E-state index contributed by atoms with van der Waals surface area (Å²) in [5, 5.41) is 0. The standard InChI is InChI=1S/C25H26N4O2/c1-3-19-10-12-21(13-11-19)31-16-15-29-23-9-5-4-8-22(23)27-24(29)18-28(2)25(30)20-7-6-14-26-17-20/h4-14,17H,3,15-16,18H2,1-2H3. The summed E-state index contributed by atoms with van der Waals surface area (Å²) in [5.74, 6) is 1.59. The van der Waals surface area contributed by atoms with Crippen LogP contribution in [0.5, 0.6) is 5.75 Å². The first-order valence-corrected chi connectivity index (χ1v) is 10.5. The van der Waals surface area contributed by atoms with E-state index in [0.717, 1.165) is 29.0 Å². The quantitative estimate of drug-likeness (QED) is 0.430. The number of carbonyl (C=O) groups is 1. The highest BCUT2D eigenvalue weighted by Gasteiger charge is 2.17. The first-order valence-electron chi connectivity index (χ1n) is 10.5. The van der Waals surface area contributed by atoms with Gasteiger partial charge in [-0.05, 0) is 48.4 Å². The predicted molar refractivity (Wildman–Crippen MR) is 121 cm³/mol. The first-order chi connectivity index (χ1) is 15.2. The average molecular weight is 415 g/mol. The van der Waals surface area contributed by atoms with Crippen molar-refractivity contribution in [1.82, 2.24) is 19.4 Å². The number of imidazole rings is 1. The molecule has 6 heteroatoms. The summed E-state index contributed by atoms with van der Waals surface area (Å²) in [7, 11) is 1.78. The number of hydrogen-bond donors (Lipinski definition) is 0. The van der Waals surface area contributed by atoms with E-state index in [1.807, 2.05) is 36.4 Å². The molecule has 31 heavy (non-hydrogen) atoms. The highest BCUT2D eigenvalue weighted by Crippen LogP contribution is 2.19. The maximum Gasteiger partial charge on any atom is 0.255 e. The van der Waals surface area contributed by atoms with Crippen molar-refractivity contribution in [2.24, 2.45) is 0 Å². The van der Waals surface area contributed by atoms with E-state index in [2.05, 4.69) is 28.6 Å². The minimum absolute atomic E-state index is 0.0843. The van der Waals surface area contributed by atoms with Crippen LogP contribution in [-0.4, -0.2) is 39.0 Å². The Bertz CT molecular complexity index is 1150. The molecule has 0 unspecified atom stereocenters. The molecule has 0 atom stereocenters. The molecule has 0 N–H and O–H groups in total. The zero-order chi connectivity index (χ0) is 21.6. The lowest BCUT2D eigenvalue weighted by Crippen LogP contribution is -2.28. The highest BCUT2D eigenvalue weighted by atomic mass is 16.5. The summed E-state index contributed by atoms with van der Waals surface area (Å²) in [6.07, 6.45) is 4.25. The number of aromatic nitrogens is 3. The number of ether oxygens (including phenoxy) is 1. The molecule has 2 heterocycles. The molecule has 0 aliphatic heterocycles. The van der Waals surface area contributed by atoms with E-state index in [0.29, 0.717) is 25.3 Å². The molecule has 2 aromatic carbocycles. The smallest absolute Gasteiger partial charge is 0.255 e. The largest absolute Gasteiger partial charge is 0.492 e. The van der Waals surface area contributed by atoms with Crippen molar-refractivity contribution in [3.8, 4) is 5.75 Å². The normalized spacial score (nSPS) is 10.9. The van der Waals surface area contributed by atoms with E-state index < -0.39 is 0 Å². The van der Waals surface area contributed by atoms with Gasteiger partial charge in [0.1, 0.15) is 18.2 Å². The SMILES string of the molecule is CCc1ccc(OCCn2c(CN(C)C(=O)c3cccnc3)nc3ccccc32)cc1. The van der Waals surface area contributed by atoms with Crippen LogP contribution in [-0.2, 0) is 19.5 Å². The molecule has 0 radical (unpaired) electrons. The molecule has 0 bridgehead atoms. The Morgan fingerprint density at radius 1 is 1.06 bits per heavy atom. The second-order valence-corrected chi connectivity index (χ2v) is 7.42. The van der Waals surface area contributed by atoms with Gasteiger partial charge in [-0.25, -0.2) is 4.98 Å². The monoisotopic (exact) mass is 414 g/mol.